The summed E-state index contributed by atoms with van der Waals surface area (Å²) in [4.78, 5) is 12.1. The lowest BCUT2D eigenvalue weighted by atomic mass is 9.89. The number of benzene rings is 2. The molecule has 0 amide bonds. The Hall–Kier alpha value is -2.72. The van der Waals surface area contributed by atoms with Crippen LogP contribution < -0.4 is 5.63 Å². The van der Waals surface area contributed by atoms with Gasteiger partial charge < -0.3 is 4.42 Å². The van der Waals surface area contributed by atoms with Crippen LogP contribution in [0.15, 0.2) is 51.7 Å². The smallest absolute Gasteiger partial charge is 0.354 e. The average Bonchev–Trinajstić information content (AvgIpc) is 2.61. The molecule has 0 fully saturated rings. The van der Waals surface area contributed by atoms with Crippen LogP contribution in [-0.4, -0.2) is 0 Å². The van der Waals surface area contributed by atoms with Crippen molar-refractivity contribution in [2.24, 2.45) is 0 Å². The molecule has 0 unspecified atom stereocenters. The lowest BCUT2D eigenvalue weighted by Gasteiger charge is -2.14. The second-order valence-electron chi connectivity index (χ2n) is 5.45. The number of hydrogen-bond acceptors (Lipinski definition) is 3. The molecule has 3 aromatic rings. The average molecular weight is 368 g/mol. The third-order valence-electron chi connectivity index (χ3n) is 3.99. The fraction of sp³-hybridized carbons (Fsp3) is 0.100. The van der Waals surface area contributed by atoms with Crippen molar-refractivity contribution in [2.75, 3.05) is 0 Å². The van der Waals surface area contributed by atoms with Crippen LogP contribution in [-0.2, 0) is 6.42 Å². The zero-order valence-corrected chi connectivity index (χ0v) is 14.4. The van der Waals surface area contributed by atoms with Gasteiger partial charge in [-0.25, -0.2) is 4.79 Å². The predicted molar refractivity (Wildman–Crippen MR) is 98.9 cm³/mol. The lowest BCUT2D eigenvalue weighted by Crippen LogP contribution is -2.12. The van der Waals surface area contributed by atoms with Gasteiger partial charge in [-0.3, -0.25) is 0 Å². The standard InChI is InChI=1S/C20H11Cl2NO2/c1-2-12(13-7-8-17(21)18(22)10-13)9-15-14-5-3-4-6-19(14)25-20(24)16(15)11-23/h1,3-8,10,12H,9H2/t12-/m0/s1. The van der Waals surface area contributed by atoms with Gasteiger partial charge in [-0.1, -0.05) is 53.4 Å². The molecule has 122 valence electrons. The summed E-state index contributed by atoms with van der Waals surface area (Å²) in [7, 11) is 0. The van der Waals surface area contributed by atoms with Crippen molar-refractivity contribution in [2.45, 2.75) is 12.3 Å². The first-order valence-electron chi connectivity index (χ1n) is 7.41. The van der Waals surface area contributed by atoms with E-state index < -0.39 is 5.63 Å². The Morgan fingerprint density at radius 2 is 1.92 bits per heavy atom. The molecular weight excluding hydrogens is 357 g/mol. The van der Waals surface area contributed by atoms with E-state index >= 15 is 0 Å². The molecule has 1 heterocycles. The summed E-state index contributed by atoms with van der Waals surface area (Å²) >= 11 is 12.0. The molecule has 1 atom stereocenters. The predicted octanol–water partition coefficient (Wildman–Crippen LogP) is 4.93. The van der Waals surface area contributed by atoms with Gasteiger partial charge >= 0.3 is 5.63 Å². The number of fused-ring (bicyclic) bond motifs is 1. The van der Waals surface area contributed by atoms with Crippen molar-refractivity contribution in [1.29, 1.82) is 5.26 Å². The van der Waals surface area contributed by atoms with E-state index in [4.69, 9.17) is 34.0 Å². The van der Waals surface area contributed by atoms with E-state index in [1.807, 2.05) is 12.1 Å². The Morgan fingerprint density at radius 3 is 2.60 bits per heavy atom. The van der Waals surface area contributed by atoms with Crippen molar-refractivity contribution in [3.8, 4) is 18.4 Å². The maximum absolute atomic E-state index is 12.1. The fourth-order valence-corrected chi connectivity index (χ4v) is 3.05. The third-order valence-corrected chi connectivity index (χ3v) is 4.73. The molecule has 0 aliphatic carbocycles. The molecule has 1 aromatic heterocycles. The molecule has 0 radical (unpaired) electrons. The molecule has 5 heteroatoms. The van der Waals surface area contributed by atoms with Gasteiger partial charge in [0.2, 0.25) is 0 Å². The summed E-state index contributed by atoms with van der Waals surface area (Å²) in [6.07, 6.45) is 6.01. The minimum atomic E-state index is -0.666. The molecule has 0 saturated carbocycles. The Labute approximate surface area is 154 Å². The Balaban J connectivity index is 2.16. The highest BCUT2D eigenvalue weighted by atomic mass is 35.5. The van der Waals surface area contributed by atoms with Gasteiger partial charge in [-0.05, 0) is 35.7 Å². The molecule has 0 bridgehead atoms. The minimum Gasteiger partial charge on any atom is -0.422 e. The maximum Gasteiger partial charge on any atom is 0.354 e. The van der Waals surface area contributed by atoms with Crippen molar-refractivity contribution < 1.29 is 4.42 Å². The fourth-order valence-electron chi connectivity index (χ4n) is 2.75. The molecule has 25 heavy (non-hydrogen) atoms. The summed E-state index contributed by atoms with van der Waals surface area (Å²) < 4.78 is 5.21. The molecule has 2 aromatic carbocycles. The van der Waals surface area contributed by atoms with Gasteiger partial charge in [0, 0.05) is 11.3 Å². The van der Waals surface area contributed by atoms with Gasteiger partial charge in [0.05, 0.1) is 10.0 Å². The zero-order valence-electron chi connectivity index (χ0n) is 12.9. The minimum absolute atomic E-state index is 0.0287. The van der Waals surface area contributed by atoms with Crippen LogP contribution in [0.1, 0.15) is 22.6 Å². The van der Waals surface area contributed by atoms with E-state index in [2.05, 4.69) is 5.92 Å². The van der Waals surface area contributed by atoms with Gasteiger partial charge in [0.1, 0.15) is 17.2 Å². The summed E-state index contributed by atoms with van der Waals surface area (Å²) in [5.41, 5.74) is 1.09. The number of terminal acetylenes is 1. The van der Waals surface area contributed by atoms with E-state index in [1.165, 1.54) is 0 Å². The van der Waals surface area contributed by atoms with Crippen LogP contribution in [0.25, 0.3) is 11.0 Å². The molecular formula is C20H11Cl2NO2. The Kier molecular flexibility index (Phi) is 4.81. The van der Waals surface area contributed by atoms with Crippen LogP contribution in [0.5, 0.6) is 0 Å². The van der Waals surface area contributed by atoms with Gasteiger partial charge in [-0.2, -0.15) is 5.26 Å². The second kappa shape index (κ2) is 7.03. The second-order valence-corrected chi connectivity index (χ2v) is 6.26. The van der Waals surface area contributed by atoms with Crippen LogP contribution in [0.3, 0.4) is 0 Å². The van der Waals surface area contributed by atoms with Gasteiger partial charge in [0.15, 0.2) is 0 Å². The van der Waals surface area contributed by atoms with E-state index in [-0.39, 0.29) is 11.5 Å². The first-order valence-corrected chi connectivity index (χ1v) is 8.16. The van der Waals surface area contributed by atoms with Crippen molar-refractivity contribution in [1.82, 2.24) is 0 Å². The number of para-hydroxylation sites is 1. The lowest BCUT2D eigenvalue weighted by molar-refractivity contribution is 0.555. The van der Waals surface area contributed by atoms with E-state index in [1.54, 1.807) is 36.4 Å². The molecule has 0 saturated heterocycles. The van der Waals surface area contributed by atoms with E-state index in [0.29, 0.717) is 33.0 Å². The van der Waals surface area contributed by atoms with Crippen molar-refractivity contribution in [3.05, 3.63) is 79.6 Å². The maximum atomic E-state index is 12.1. The Bertz CT molecular complexity index is 1100. The topological polar surface area (TPSA) is 54.0 Å². The SMILES string of the molecule is C#C[C@@H](Cc1c(C#N)c(=O)oc2ccccc12)c1ccc(Cl)c(Cl)c1. The first-order chi connectivity index (χ1) is 12.0. The molecule has 0 spiro atoms. The quantitative estimate of drug-likeness (QED) is 0.487. The first kappa shape index (κ1) is 17.1. The summed E-state index contributed by atoms with van der Waals surface area (Å²) in [6.45, 7) is 0. The van der Waals surface area contributed by atoms with Crippen LogP contribution in [0, 0.1) is 23.7 Å². The van der Waals surface area contributed by atoms with Gasteiger partial charge in [-0.15, -0.1) is 6.42 Å². The largest absolute Gasteiger partial charge is 0.422 e. The molecule has 3 nitrogen and oxygen atoms in total. The van der Waals surface area contributed by atoms with E-state index in [9.17, 15) is 10.1 Å². The van der Waals surface area contributed by atoms with Crippen molar-refractivity contribution in [3.63, 3.8) is 0 Å². The van der Waals surface area contributed by atoms with Crippen LogP contribution in [0.4, 0.5) is 0 Å². The number of nitrogens with zero attached hydrogens (tertiary/aromatic N) is 1. The summed E-state index contributed by atoms with van der Waals surface area (Å²) in [5, 5.41) is 10.9. The van der Waals surface area contributed by atoms with Crippen LogP contribution >= 0.6 is 23.2 Å². The number of hydrogen-bond donors (Lipinski definition) is 0. The number of halogens is 2. The van der Waals surface area contributed by atoms with E-state index in [0.717, 1.165) is 5.56 Å². The number of nitriles is 1. The molecule has 3 rings (SSSR count). The summed E-state index contributed by atoms with van der Waals surface area (Å²) in [5.74, 6) is 2.34. The molecule has 0 aliphatic heterocycles. The highest BCUT2D eigenvalue weighted by Crippen LogP contribution is 2.30. The summed E-state index contributed by atoms with van der Waals surface area (Å²) in [6, 6.07) is 14.2. The monoisotopic (exact) mass is 367 g/mol. The molecule has 0 aliphatic rings. The number of rotatable bonds is 3. The van der Waals surface area contributed by atoms with Crippen molar-refractivity contribution >= 4 is 34.2 Å². The Morgan fingerprint density at radius 1 is 1.16 bits per heavy atom. The third kappa shape index (κ3) is 3.26. The zero-order chi connectivity index (χ0) is 18.0. The normalized spacial score (nSPS) is 11.7. The molecule has 0 N–H and O–H groups in total. The van der Waals surface area contributed by atoms with Gasteiger partial charge in [0.25, 0.3) is 0 Å². The highest BCUT2D eigenvalue weighted by molar-refractivity contribution is 6.42. The van der Waals surface area contributed by atoms with Crippen LogP contribution in [0.2, 0.25) is 10.0 Å². The highest BCUT2D eigenvalue weighted by Gasteiger charge is 2.19.